The molecule has 2 rings (SSSR count). The number of amides is 2. The number of aromatic nitrogens is 2. The molecule has 2 aromatic rings. The molecule has 1 heterocycles. The maximum Gasteiger partial charge on any atom is 0.411 e. The lowest BCUT2D eigenvalue weighted by Crippen LogP contribution is -2.36. The van der Waals surface area contributed by atoms with Crippen LogP contribution in [0.1, 0.15) is 45.5 Å². The number of imidazole rings is 1. The molecule has 0 fully saturated rings. The summed E-state index contributed by atoms with van der Waals surface area (Å²) in [7, 11) is 1.25. The lowest BCUT2D eigenvalue weighted by Gasteiger charge is -2.23. The van der Waals surface area contributed by atoms with Crippen LogP contribution in [0.4, 0.5) is 21.0 Å². The van der Waals surface area contributed by atoms with Crippen molar-refractivity contribution in [3.63, 3.8) is 0 Å². The van der Waals surface area contributed by atoms with Crippen LogP contribution in [-0.4, -0.2) is 68.3 Å². The number of ether oxygens (including phenoxy) is 4. The van der Waals surface area contributed by atoms with Crippen LogP contribution in [-0.2, 0) is 30.5 Å². The maximum absolute atomic E-state index is 12.8. The molecule has 0 radical (unpaired) electrons. The van der Waals surface area contributed by atoms with Crippen molar-refractivity contribution >= 4 is 37.6 Å². The topological polar surface area (TPSA) is 142 Å². The first-order valence-corrected chi connectivity index (χ1v) is 18.5. The Bertz CT molecular complexity index is 1330. The highest BCUT2D eigenvalue weighted by Crippen LogP contribution is 2.33. The van der Waals surface area contributed by atoms with Gasteiger partial charge in [-0.3, -0.25) is 5.32 Å². The van der Waals surface area contributed by atoms with E-state index < -0.39 is 43.9 Å². The van der Waals surface area contributed by atoms with Crippen LogP contribution in [0, 0.1) is 0 Å². The normalized spacial score (nSPS) is 12.8. The van der Waals surface area contributed by atoms with E-state index in [0.29, 0.717) is 41.5 Å². The fourth-order valence-electron chi connectivity index (χ4n) is 4.17. The van der Waals surface area contributed by atoms with Crippen LogP contribution in [0.15, 0.2) is 49.7 Å². The molecule has 248 valence electrons. The molecule has 3 N–H and O–H groups in total. The van der Waals surface area contributed by atoms with E-state index in [2.05, 4.69) is 48.7 Å². The molecule has 1 aromatic carbocycles. The quantitative estimate of drug-likeness (QED) is 0.0598. The first kappa shape index (κ1) is 37.1. The average Bonchev–Trinajstić information content (AvgIpc) is 3.36. The minimum Gasteiger partial charge on any atom is -0.467 e. The van der Waals surface area contributed by atoms with Gasteiger partial charge in [-0.2, -0.15) is 0 Å². The van der Waals surface area contributed by atoms with Crippen LogP contribution in [0.25, 0.3) is 11.3 Å². The summed E-state index contributed by atoms with van der Waals surface area (Å²) in [4.78, 5) is 42.3. The minimum atomic E-state index is -1.33. The summed E-state index contributed by atoms with van der Waals surface area (Å²) in [6.07, 6.45) is 4.56. The number of hydrogen-bond donors (Lipinski definition) is 3. The largest absolute Gasteiger partial charge is 0.467 e. The van der Waals surface area contributed by atoms with Gasteiger partial charge in [-0.25, -0.2) is 19.4 Å². The van der Waals surface area contributed by atoms with Gasteiger partial charge in [0.05, 0.1) is 26.0 Å². The van der Waals surface area contributed by atoms with Crippen molar-refractivity contribution in [3.8, 4) is 11.3 Å². The van der Waals surface area contributed by atoms with Crippen molar-refractivity contribution in [1.82, 2.24) is 14.9 Å². The first-order chi connectivity index (χ1) is 21.1. The summed E-state index contributed by atoms with van der Waals surface area (Å²) >= 11 is 0. The number of nitrogens with one attached hydrogen (secondary N) is 3. The average molecular weight is 644 g/mol. The second-order valence-corrected chi connectivity index (χ2v) is 18.3. The van der Waals surface area contributed by atoms with Gasteiger partial charge < -0.3 is 34.1 Å². The highest BCUT2D eigenvalue weighted by atomic mass is 28.3. The monoisotopic (exact) mass is 643 g/mol. The minimum absolute atomic E-state index is 0.197. The number of esters is 1. The van der Waals surface area contributed by atoms with Crippen molar-refractivity contribution in [2.45, 2.75) is 83.7 Å². The van der Waals surface area contributed by atoms with E-state index in [0.717, 1.165) is 6.04 Å². The zero-order valence-electron chi connectivity index (χ0n) is 27.8. The summed E-state index contributed by atoms with van der Waals surface area (Å²) in [5.74, 6) is 0.0453. The Morgan fingerprint density at radius 1 is 1.04 bits per heavy atom. The molecule has 0 unspecified atom stereocenters. The Morgan fingerprint density at radius 3 is 2.31 bits per heavy atom. The van der Waals surface area contributed by atoms with E-state index in [9.17, 15) is 14.4 Å². The smallest absolute Gasteiger partial charge is 0.411 e. The van der Waals surface area contributed by atoms with Gasteiger partial charge in [-0.15, -0.1) is 13.2 Å². The van der Waals surface area contributed by atoms with Gasteiger partial charge in [-0.1, -0.05) is 31.8 Å². The molecule has 0 aliphatic carbocycles. The highest BCUT2D eigenvalue weighted by Gasteiger charge is 2.26. The second-order valence-electron chi connectivity index (χ2n) is 12.6. The van der Waals surface area contributed by atoms with Gasteiger partial charge in [0.2, 0.25) is 0 Å². The molecule has 0 spiro atoms. The highest BCUT2D eigenvalue weighted by molar-refractivity contribution is 6.76. The number of carbonyl (C=O) groups is 3. The Labute approximate surface area is 267 Å². The van der Waals surface area contributed by atoms with Crippen LogP contribution >= 0.6 is 0 Å². The molecule has 1 aromatic heterocycles. The second kappa shape index (κ2) is 16.8. The van der Waals surface area contributed by atoms with E-state index in [1.165, 1.54) is 14.2 Å². The summed E-state index contributed by atoms with van der Waals surface area (Å²) in [5, 5.41) is 8.78. The van der Waals surface area contributed by atoms with Crippen molar-refractivity contribution in [2.75, 3.05) is 31.5 Å². The Hall–Kier alpha value is -4.10. The predicted molar refractivity (Wildman–Crippen MR) is 179 cm³/mol. The van der Waals surface area contributed by atoms with Crippen LogP contribution in [0.2, 0.25) is 25.7 Å². The zero-order valence-corrected chi connectivity index (χ0v) is 28.8. The van der Waals surface area contributed by atoms with Crippen molar-refractivity contribution in [2.24, 2.45) is 0 Å². The summed E-state index contributed by atoms with van der Waals surface area (Å²) in [6, 6.07) is 4.79. The number of nitrogens with zero attached hydrogens (tertiary/aromatic N) is 2. The zero-order chi connectivity index (χ0) is 33.8. The predicted octanol–water partition coefficient (Wildman–Crippen LogP) is 6.71. The summed E-state index contributed by atoms with van der Waals surface area (Å²) < 4.78 is 23.2. The SMILES string of the molecule is C=CC[C@H](NC(=O)OC(C)(C)C)c1nc(-c2ccc(NC(=O)OC)cc2N[C@H](CC=C)C(=O)OC)cn1COCC[Si](C)(C)C. The molecule has 0 aliphatic rings. The van der Waals surface area contributed by atoms with E-state index in [1.54, 1.807) is 51.1 Å². The molecule has 13 heteroatoms. The molecule has 2 amide bonds. The van der Waals surface area contributed by atoms with Gasteiger partial charge in [0.25, 0.3) is 0 Å². The van der Waals surface area contributed by atoms with Gasteiger partial charge in [-0.05, 0) is 57.9 Å². The van der Waals surface area contributed by atoms with Crippen molar-refractivity contribution in [3.05, 3.63) is 55.5 Å². The summed E-state index contributed by atoms with van der Waals surface area (Å²) in [6.45, 7) is 20.6. The van der Waals surface area contributed by atoms with E-state index in [4.69, 9.17) is 23.9 Å². The molecule has 12 nitrogen and oxygen atoms in total. The Kier molecular flexibility index (Phi) is 13.9. The molecule has 2 atom stereocenters. The van der Waals surface area contributed by atoms with Gasteiger partial charge in [0.15, 0.2) is 0 Å². The summed E-state index contributed by atoms with van der Waals surface area (Å²) in [5.41, 5.74) is 1.40. The molecular weight excluding hydrogens is 594 g/mol. The Morgan fingerprint density at radius 2 is 1.73 bits per heavy atom. The third-order valence-electron chi connectivity index (χ3n) is 6.38. The molecule has 0 aliphatic heterocycles. The van der Waals surface area contributed by atoms with E-state index in [1.807, 2.05) is 10.8 Å². The third kappa shape index (κ3) is 12.4. The number of alkyl carbamates (subject to hydrolysis) is 1. The number of anilines is 2. The molecule has 0 bridgehead atoms. The number of carbonyl (C=O) groups excluding carboxylic acids is 3. The van der Waals surface area contributed by atoms with Crippen molar-refractivity contribution < 1.29 is 33.3 Å². The Balaban J connectivity index is 2.64. The van der Waals surface area contributed by atoms with E-state index >= 15 is 0 Å². The molecule has 0 saturated carbocycles. The third-order valence-corrected chi connectivity index (χ3v) is 8.09. The first-order valence-electron chi connectivity index (χ1n) is 14.8. The van der Waals surface area contributed by atoms with Crippen molar-refractivity contribution in [1.29, 1.82) is 0 Å². The molecule has 0 saturated heterocycles. The fraction of sp³-hybridized carbons (Fsp3) is 0.500. The van der Waals surface area contributed by atoms with E-state index in [-0.39, 0.29) is 13.2 Å². The maximum atomic E-state index is 12.8. The van der Waals surface area contributed by atoms with Crippen LogP contribution in [0.5, 0.6) is 0 Å². The lowest BCUT2D eigenvalue weighted by atomic mass is 10.1. The number of benzene rings is 1. The lowest BCUT2D eigenvalue weighted by molar-refractivity contribution is -0.141. The standard InChI is InChI=1S/C32H49N5O7Si/c1-11-13-24(36-31(40)44-32(3,4)5)28-35-27(20-37(28)21-43-17-18-45(8,9)10)23-16-15-22(33-30(39)42-7)19-26(23)34-25(14-12-2)29(38)41-6/h11-12,15-16,19-20,24-25,34H,1-2,13-14,17-18,21H2,3-10H3,(H,33,39)(H,36,40)/t24-,25+/m0/s1. The van der Waals surface area contributed by atoms with Gasteiger partial charge in [0, 0.05) is 37.8 Å². The number of hydrogen-bond acceptors (Lipinski definition) is 9. The number of rotatable bonds is 16. The number of methoxy groups -OCH3 is 2. The fourth-order valence-corrected chi connectivity index (χ4v) is 4.93. The van der Waals surface area contributed by atoms with Crippen LogP contribution in [0.3, 0.4) is 0 Å². The molecule has 45 heavy (non-hydrogen) atoms. The van der Waals surface area contributed by atoms with Gasteiger partial charge in [0.1, 0.15) is 24.2 Å². The molecular formula is C32H49N5O7Si. The van der Waals surface area contributed by atoms with Gasteiger partial charge >= 0.3 is 18.2 Å². The van der Waals surface area contributed by atoms with Crippen LogP contribution < -0.4 is 16.0 Å².